The Morgan fingerprint density at radius 2 is 2.00 bits per heavy atom. The first-order valence-electron chi connectivity index (χ1n) is 4.29. The minimum Gasteiger partial charge on any atom is -0.382 e. The Kier molecular flexibility index (Phi) is 2.66. The van der Waals surface area contributed by atoms with Crippen molar-refractivity contribution in [2.24, 2.45) is 0 Å². The lowest BCUT2D eigenvalue weighted by atomic mass is 10.4. The number of hydrogen-bond donors (Lipinski definition) is 1. The van der Waals surface area contributed by atoms with Crippen molar-refractivity contribution >= 4 is 17.4 Å². The van der Waals surface area contributed by atoms with E-state index in [4.69, 9.17) is 17.3 Å². The van der Waals surface area contributed by atoms with E-state index in [1.165, 1.54) is 0 Å². The molecule has 2 aromatic heterocycles. The van der Waals surface area contributed by atoms with Crippen molar-refractivity contribution < 1.29 is 13.2 Å². The van der Waals surface area contributed by atoms with Crippen LogP contribution >= 0.6 is 11.6 Å². The number of hydrogen-bond acceptors (Lipinski definition) is 4. The first-order valence-corrected chi connectivity index (χ1v) is 4.66. The fraction of sp³-hybridized carbons (Fsp3) is 0.125. The summed E-state index contributed by atoms with van der Waals surface area (Å²) in [5.74, 6) is -0.0320. The quantitative estimate of drug-likeness (QED) is 0.853. The molecule has 0 unspecified atom stereocenters. The molecule has 90 valence electrons. The van der Waals surface area contributed by atoms with E-state index in [0.717, 1.165) is 23.3 Å². The van der Waals surface area contributed by atoms with Crippen molar-refractivity contribution in [1.29, 1.82) is 0 Å². The molecule has 0 atom stereocenters. The van der Waals surface area contributed by atoms with Gasteiger partial charge in [0.15, 0.2) is 11.5 Å². The molecule has 2 N–H and O–H groups in total. The zero-order chi connectivity index (χ0) is 12.6. The van der Waals surface area contributed by atoms with Gasteiger partial charge in [0, 0.05) is 6.20 Å². The molecule has 0 radical (unpaired) electrons. The molecule has 0 aliphatic rings. The number of halogens is 4. The van der Waals surface area contributed by atoms with E-state index in [1.54, 1.807) is 0 Å². The third kappa shape index (κ3) is 2.16. The van der Waals surface area contributed by atoms with Gasteiger partial charge in [-0.3, -0.25) is 0 Å². The second kappa shape index (κ2) is 3.88. The third-order valence-corrected chi connectivity index (χ3v) is 2.26. The van der Waals surface area contributed by atoms with Gasteiger partial charge in [0.2, 0.25) is 0 Å². The lowest BCUT2D eigenvalue weighted by Gasteiger charge is -2.04. The first-order chi connectivity index (χ1) is 7.89. The van der Waals surface area contributed by atoms with Crippen LogP contribution in [0.3, 0.4) is 0 Å². The standard InChI is InChI=1S/C8H5ClF3N5/c9-5-6(13)14-3-15-7(5)17-2-1-4(16-17)8(10,11)12/h1-3H,(H2,13,14,15). The fourth-order valence-electron chi connectivity index (χ4n) is 1.13. The maximum absolute atomic E-state index is 12.3. The predicted molar refractivity (Wildman–Crippen MR) is 53.6 cm³/mol. The van der Waals surface area contributed by atoms with Gasteiger partial charge in [-0.1, -0.05) is 11.6 Å². The van der Waals surface area contributed by atoms with Crippen LogP contribution in [0.15, 0.2) is 18.6 Å². The van der Waals surface area contributed by atoms with Crippen LogP contribution in [-0.2, 0) is 6.18 Å². The van der Waals surface area contributed by atoms with E-state index in [0.29, 0.717) is 0 Å². The molecule has 0 saturated carbocycles. The van der Waals surface area contributed by atoms with Gasteiger partial charge in [0.1, 0.15) is 17.2 Å². The Morgan fingerprint density at radius 3 is 2.59 bits per heavy atom. The zero-order valence-electron chi connectivity index (χ0n) is 8.11. The van der Waals surface area contributed by atoms with E-state index >= 15 is 0 Å². The normalized spacial score (nSPS) is 11.8. The molecule has 2 heterocycles. The molecule has 0 aliphatic heterocycles. The van der Waals surface area contributed by atoms with Crippen LogP contribution < -0.4 is 5.73 Å². The molecule has 0 aromatic carbocycles. The Morgan fingerprint density at radius 1 is 1.29 bits per heavy atom. The van der Waals surface area contributed by atoms with Gasteiger partial charge in [-0.2, -0.15) is 18.3 Å². The van der Waals surface area contributed by atoms with Crippen molar-refractivity contribution in [1.82, 2.24) is 19.7 Å². The van der Waals surface area contributed by atoms with Crippen molar-refractivity contribution in [3.8, 4) is 5.82 Å². The largest absolute Gasteiger partial charge is 0.435 e. The van der Waals surface area contributed by atoms with E-state index in [-0.39, 0.29) is 16.7 Å². The summed E-state index contributed by atoms with van der Waals surface area (Å²) in [7, 11) is 0. The molecule has 0 amide bonds. The van der Waals surface area contributed by atoms with Crippen LogP contribution in [0.25, 0.3) is 5.82 Å². The summed E-state index contributed by atoms with van der Waals surface area (Å²) in [6, 6.07) is 0.814. The maximum atomic E-state index is 12.3. The van der Waals surface area contributed by atoms with Gasteiger partial charge in [-0.25, -0.2) is 14.6 Å². The highest BCUT2D eigenvalue weighted by Gasteiger charge is 2.33. The molecular formula is C8H5ClF3N5. The zero-order valence-corrected chi connectivity index (χ0v) is 8.87. The summed E-state index contributed by atoms with van der Waals surface area (Å²) in [6.45, 7) is 0. The van der Waals surface area contributed by atoms with Crippen LogP contribution in [0.1, 0.15) is 5.69 Å². The number of aromatic nitrogens is 4. The maximum Gasteiger partial charge on any atom is 0.435 e. The highest BCUT2D eigenvalue weighted by molar-refractivity contribution is 6.34. The second-order valence-electron chi connectivity index (χ2n) is 3.04. The van der Waals surface area contributed by atoms with E-state index in [2.05, 4.69) is 15.1 Å². The van der Waals surface area contributed by atoms with Crippen molar-refractivity contribution in [2.45, 2.75) is 6.18 Å². The van der Waals surface area contributed by atoms with E-state index in [9.17, 15) is 13.2 Å². The number of nitrogen functional groups attached to an aromatic ring is 1. The minimum atomic E-state index is -4.52. The van der Waals surface area contributed by atoms with Gasteiger partial charge in [-0.05, 0) is 6.07 Å². The number of rotatable bonds is 1. The predicted octanol–water partition coefficient (Wildman–Crippen LogP) is 1.92. The Balaban J connectivity index is 2.48. The summed E-state index contributed by atoms with van der Waals surface area (Å²) in [5, 5.41) is 3.26. The summed E-state index contributed by atoms with van der Waals surface area (Å²) in [6.07, 6.45) is -2.34. The summed E-state index contributed by atoms with van der Waals surface area (Å²) >= 11 is 5.76. The van der Waals surface area contributed by atoms with Crippen LogP contribution in [0.4, 0.5) is 19.0 Å². The van der Waals surface area contributed by atoms with Gasteiger partial charge >= 0.3 is 6.18 Å². The topological polar surface area (TPSA) is 69.6 Å². The van der Waals surface area contributed by atoms with Crippen LogP contribution in [0.2, 0.25) is 5.02 Å². The molecule has 0 spiro atoms. The summed E-state index contributed by atoms with van der Waals surface area (Å²) in [4.78, 5) is 7.31. The number of nitrogens with two attached hydrogens (primary N) is 1. The lowest BCUT2D eigenvalue weighted by molar-refractivity contribution is -0.141. The van der Waals surface area contributed by atoms with Gasteiger partial charge < -0.3 is 5.73 Å². The Hall–Kier alpha value is -1.83. The minimum absolute atomic E-state index is 0.00494. The molecular weight excluding hydrogens is 259 g/mol. The SMILES string of the molecule is Nc1ncnc(-n2ccc(C(F)(F)F)n2)c1Cl. The Bertz CT molecular complexity index is 550. The number of nitrogens with zero attached hydrogens (tertiary/aromatic N) is 4. The van der Waals surface area contributed by atoms with Crippen LogP contribution in [0.5, 0.6) is 0 Å². The molecule has 0 bridgehead atoms. The van der Waals surface area contributed by atoms with Gasteiger partial charge in [0.05, 0.1) is 0 Å². The molecule has 0 saturated heterocycles. The smallest absolute Gasteiger partial charge is 0.382 e. The first kappa shape index (κ1) is 11.6. The number of anilines is 1. The molecule has 5 nitrogen and oxygen atoms in total. The highest BCUT2D eigenvalue weighted by Crippen LogP contribution is 2.29. The number of alkyl halides is 3. The van der Waals surface area contributed by atoms with Gasteiger partial charge in [-0.15, -0.1) is 0 Å². The third-order valence-electron chi connectivity index (χ3n) is 1.89. The molecule has 2 rings (SSSR count). The Labute approximate surface area is 98.0 Å². The summed E-state index contributed by atoms with van der Waals surface area (Å²) in [5.41, 5.74) is 4.37. The van der Waals surface area contributed by atoms with Crippen LogP contribution in [-0.4, -0.2) is 19.7 Å². The average molecular weight is 264 g/mol. The van der Waals surface area contributed by atoms with Gasteiger partial charge in [0.25, 0.3) is 0 Å². The van der Waals surface area contributed by atoms with Crippen LogP contribution in [0, 0.1) is 0 Å². The lowest BCUT2D eigenvalue weighted by Crippen LogP contribution is -2.08. The molecule has 0 fully saturated rings. The molecule has 17 heavy (non-hydrogen) atoms. The van der Waals surface area contributed by atoms with E-state index < -0.39 is 11.9 Å². The molecule has 2 aromatic rings. The summed E-state index contributed by atoms with van der Waals surface area (Å²) < 4.78 is 37.9. The van der Waals surface area contributed by atoms with Crippen molar-refractivity contribution in [2.75, 3.05) is 5.73 Å². The van der Waals surface area contributed by atoms with Crippen molar-refractivity contribution in [3.05, 3.63) is 29.3 Å². The monoisotopic (exact) mass is 263 g/mol. The fourth-order valence-corrected chi connectivity index (χ4v) is 1.31. The average Bonchev–Trinajstić information content (AvgIpc) is 2.70. The molecule has 0 aliphatic carbocycles. The highest BCUT2D eigenvalue weighted by atomic mass is 35.5. The van der Waals surface area contributed by atoms with E-state index in [1.807, 2.05) is 0 Å². The second-order valence-corrected chi connectivity index (χ2v) is 3.42. The van der Waals surface area contributed by atoms with Crippen molar-refractivity contribution in [3.63, 3.8) is 0 Å². The molecule has 9 heteroatoms.